The lowest BCUT2D eigenvalue weighted by Crippen LogP contribution is -2.46. The van der Waals surface area contributed by atoms with Crippen LogP contribution in [0.4, 0.5) is 5.69 Å². The van der Waals surface area contributed by atoms with Gasteiger partial charge in [0, 0.05) is 12.2 Å². The van der Waals surface area contributed by atoms with Crippen molar-refractivity contribution >= 4 is 27.6 Å². The smallest absolute Gasteiger partial charge is 0.324 e. The second-order valence-corrected chi connectivity index (χ2v) is 9.36. The number of nitrogens with two attached hydrogens (primary N) is 2. The van der Waals surface area contributed by atoms with Crippen LogP contribution in [-0.4, -0.2) is 57.5 Å². The van der Waals surface area contributed by atoms with Gasteiger partial charge in [0.15, 0.2) is 0 Å². The minimum Gasteiger partial charge on any atom is -0.468 e. The number of rotatable bonds is 12. The van der Waals surface area contributed by atoms with E-state index in [1.165, 1.54) is 42.8 Å². The average molecular weight is 444 g/mol. The SMILES string of the molecule is COC(=O)C(N)CCCC(C(=O)OC)N(CCC(C)C)S(=O)(=O)c1ccc(N)cc1. The number of benzene rings is 1. The Morgan fingerprint density at radius 1 is 1.00 bits per heavy atom. The Labute approximate surface area is 178 Å². The largest absolute Gasteiger partial charge is 0.468 e. The van der Waals surface area contributed by atoms with Gasteiger partial charge in [-0.2, -0.15) is 4.31 Å². The van der Waals surface area contributed by atoms with E-state index < -0.39 is 34.0 Å². The van der Waals surface area contributed by atoms with Crippen LogP contribution in [0.15, 0.2) is 29.2 Å². The lowest BCUT2D eigenvalue weighted by atomic mass is 10.0. The number of carbonyl (C=O) groups is 2. The van der Waals surface area contributed by atoms with Gasteiger partial charge in [0.05, 0.1) is 19.1 Å². The maximum absolute atomic E-state index is 13.3. The van der Waals surface area contributed by atoms with E-state index in [0.29, 0.717) is 18.5 Å². The van der Waals surface area contributed by atoms with Crippen LogP contribution in [0.25, 0.3) is 0 Å². The highest BCUT2D eigenvalue weighted by molar-refractivity contribution is 7.89. The van der Waals surface area contributed by atoms with Crippen LogP contribution in [0.1, 0.15) is 39.5 Å². The molecule has 0 spiro atoms. The number of hydrogen-bond donors (Lipinski definition) is 2. The summed E-state index contributed by atoms with van der Waals surface area (Å²) < 4.78 is 37.4. The van der Waals surface area contributed by atoms with Crippen molar-refractivity contribution < 1.29 is 27.5 Å². The van der Waals surface area contributed by atoms with E-state index in [1.807, 2.05) is 13.8 Å². The molecule has 0 aromatic heterocycles. The topological polar surface area (TPSA) is 142 Å². The van der Waals surface area contributed by atoms with Crippen molar-refractivity contribution in [3.63, 3.8) is 0 Å². The molecule has 1 rings (SSSR count). The first-order valence-corrected chi connectivity index (χ1v) is 11.3. The first-order valence-electron chi connectivity index (χ1n) is 9.83. The molecule has 0 saturated carbocycles. The summed E-state index contributed by atoms with van der Waals surface area (Å²) in [4.78, 5) is 24.1. The van der Waals surface area contributed by atoms with E-state index in [-0.39, 0.29) is 30.2 Å². The zero-order chi connectivity index (χ0) is 22.9. The third-order valence-corrected chi connectivity index (χ3v) is 6.65. The Morgan fingerprint density at radius 2 is 1.57 bits per heavy atom. The van der Waals surface area contributed by atoms with Gasteiger partial charge in [-0.05, 0) is 55.9 Å². The van der Waals surface area contributed by atoms with Crippen molar-refractivity contribution in [3.05, 3.63) is 24.3 Å². The highest BCUT2D eigenvalue weighted by atomic mass is 32.2. The van der Waals surface area contributed by atoms with Gasteiger partial charge < -0.3 is 20.9 Å². The third kappa shape index (κ3) is 7.26. The zero-order valence-corrected chi connectivity index (χ0v) is 18.9. The number of esters is 2. The van der Waals surface area contributed by atoms with Crippen molar-refractivity contribution in [2.45, 2.75) is 56.5 Å². The lowest BCUT2D eigenvalue weighted by Gasteiger charge is -2.30. The van der Waals surface area contributed by atoms with E-state index in [4.69, 9.17) is 16.2 Å². The molecule has 0 aliphatic rings. The first kappa shape index (κ1) is 25.9. The Balaban J connectivity index is 3.18. The average Bonchev–Trinajstić information content (AvgIpc) is 2.71. The summed E-state index contributed by atoms with van der Waals surface area (Å²) in [5.74, 6) is -1.000. The summed E-state index contributed by atoms with van der Waals surface area (Å²) in [5.41, 5.74) is 11.9. The normalized spacial score (nSPS) is 13.8. The molecule has 0 aliphatic carbocycles. The van der Waals surface area contributed by atoms with E-state index in [1.54, 1.807) is 0 Å². The second-order valence-electron chi connectivity index (χ2n) is 7.47. The van der Waals surface area contributed by atoms with Crippen LogP contribution >= 0.6 is 0 Å². The number of nitrogens with zero attached hydrogens (tertiary/aromatic N) is 1. The fraction of sp³-hybridized carbons (Fsp3) is 0.600. The number of hydrogen-bond acceptors (Lipinski definition) is 8. The van der Waals surface area contributed by atoms with E-state index in [0.717, 1.165) is 0 Å². The zero-order valence-electron chi connectivity index (χ0n) is 18.0. The van der Waals surface area contributed by atoms with Gasteiger partial charge in [-0.25, -0.2) is 8.42 Å². The molecule has 10 heteroatoms. The van der Waals surface area contributed by atoms with Crippen molar-refractivity contribution in [3.8, 4) is 0 Å². The molecule has 0 bridgehead atoms. The molecule has 0 heterocycles. The predicted octanol–water partition coefficient (Wildman–Crippen LogP) is 1.52. The first-order chi connectivity index (χ1) is 14.0. The molecule has 0 radical (unpaired) electrons. The molecule has 170 valence electrons. The van der Waals surface area contributed by atoms with Crippen molar-refractivity contribution in [1.82, 2.24) is 4.31 Å². The molecule has 4 N–H and O–H groups in total. The van der Waals surface area contributed by atoms with Crippen molar-refractivity contribution in [1.29, 1.82) is 0 Å². The third-order valence-electron chi connectivity index (χ3n) is 4.73. The van der Waals surface area contributed by atoms with Crippen LogP contribution in [0.3, 0.4) is 0 Å². The van der Waals surface area contributed by atoms with Gasteiger partial charge in [-0.3, -0.25) is 9.59 Å². The number of sulfonamides is 1. The summed E-state index contributed by atoms with van der Waals surface area (Å²) in [6.45, 7) is 4.08. The van der Waals surface area contributed by atoms with Crippen LogP contribution in [0.2, 0.25) is 0 Å². The highest BCUT2D eigenvalue weighted by Gasteiger charge is 2.36. The molecule has 0 aliphatic heterocycles. The van der Waals surface area contributed by atoms with Gasteiger partial charge in [-0.1, -0.05) is 13.8 Å². The molecule has 2 unspecified atom stereocenters. The summed E-state index contributed by atoms with van der Waals surface area (Å²) in [7, 11) is -1.53. The summed E-state index contributed by atoms with van der Waals surface area (Å²) in [6, 6.07) is 3.93. The number of anilines is 1. The predicted molar refractivity (Wildman–Crippen MR) is 114 cm³/mol. The monoisotopic (exact) mass is 443 g/mol. The van der Waals surface area contributed by atoms with Gasteiger partial charge in [0.25, 0.3) is 0 Å². The van der Waals surface area contributed by atoms with Gasteiger partial charge >= 0.3 is 11.9 Å². The molecular formula is C20H33N3O6S. The van der Waals surface area contributed by atoms with E-state index >= 15 is 0 Å². The minimum atomic E-state index is -3.99. The maximum atomic E-state index is 13.3. The summed E-state index contributed by atoms with van der Waals surface area (Å²) in [5, 5.41) is 0. The molecule has 0 fully saturated rings. The number of carbonyl (C=O) groups excluding carboxylic acids is 2. The van der Waals surface area contributed by atoms with Crippen LogP contribution in [0, 0.1) is 5.92 Å². The van der Waals surface area contributed by atoms with Crippen LogP contribution in [-0.2, 0) is 29.1 Å². The Kier molecular flexibility index (Phi) is 10.2. The lowest BCUT2D eigenvalue weighted by molar-refractivity contribution is -0.145. The van der Waals surface area contributed by atoms with Gasteiger partial charge in [0.2, 0.25) is 10.0 Å². The minimum absolute atomic E-state index is 0.0422. The fourth-order valence-corrected chi connectivity index (χ4v) is 4.54. The Morgan fingerprint density at radius 3 is 2.07 bits per heavy atom. The highest BCUT2D eigenvalue weighted by Crippen LogP contribution is 2.24. The standard InChI is InChI=1S/C20H33N3O6S/c1-14(2)12-13-23(30(26,27)16-10-8-15(21)9-11-16)18(20(25)29-4)7-5-6-17(22)19(24)28-3/h8-11,14,17-18H,5-7,12-13,21-22H2,1-4H3. The fourth-order valence-electron chi connectivity index (χ4n) is 2.92. The van der Waals surface area contributed by atoms with Gasteiger partial charge in [-0.15, -0.1) is 0 Å². The summed E-state index contributed by atoms with van der Waals surface area (Å²) >= 11 is 0. The number of nitrogen functional groups attached to an aromatic ring is 1. The maximum Gasteiger partial charge on any atom is 0.324 e. The molecule has 1 aromatic carbocycles. The van der Waals surface area contributed by atoms with Crippen LogP contribution in [0.5, 0.6) is 0 Å². The number of ether oxygens (including phenoxy) is 2. The van der Waals surface area contributed by atoms with E-state index in [9.17, 15) is 18.0 Å². The molecule has 30 heavy (non-hydrogen) atoms. The number of methoxy groups -OCH3 is 2. The molecule has 1 aromatic rings. The van der Waals surface area contributed by atoms with Crippen molar-refractivity contribution in [2.75, 3.05) is 26.5 Å². The van der Waals surface area contributed by atoms with Gasteiger partial charge in [0.1, 0.15) is 12.1 Å². The molecule has 9 nitrogen and oxygen atoms in total. The molecule has 0 amide bonds. The van der Waals surface area contributed by atoms with Crippen LogP contribution < -0.4 is 11.5 Å². The molecule has 2 atom stereocenters. The Bertz CT molecular complexity index is 795. The molecular weight excluding hydrogens is 410 g/mol. The molecule has 0 saturated heterocycles. The van der Waals surface area contributed by atoms with Crippen molar-refractivity contribution in [2.24, 2.45) is 11.7 Å². The Hall–Kier alpha value is -2.17. The quantitative estimate of drug-likeness (QED) is 0.366. The van der Waals surface area contributed by atoms with E-state index in [2.05, 4.69) is 4.74 Å². The second kappa shape index (κ2) is 11.9. The summed E-state index contributed by atoms with van der Waals surface area (Å²) in [6.07, 6.45) is 1.30.